The van der Waals surface area contributed by atoms with E-state index in [2.05, 4.69) is 0 Å². The molecule has 0 unspecified atom stereocenters. The van der Waals surface area contributed by atoms with Gasteiger partial charge in [0.1, 0.15) is 11.3 Å². The third kappa shape index (κ3) is 1.96. The summed E-state index contributed by atoms with van der Waals surface area (Å²) in [6.07, 6.45) is 0. The number of ether oxygens (including phenoxy) is 1. The minimum atomic E-state index is -1.93. The molecule has 2 amide bonds. The molecule has 3 aromatic rings. The van der Waals surface area contributed by atoms with Crippen LogP contribution in [0.5, 0.6) is 5.75 Å². The summed E-state index contributed by atoms with van der Waals surface area (Å²) in [5.74, 6) is -1.12. The average molecular weight is 424 g/mol. The minimum Gasteiger partial charge on any atom is -0.497 e. The second kappa shape index (κ2) is 6.13. The van der Waals surface area contributed by atoms with Gasteiger partial charge in [0.2, 0.25) is 0 Å². The molecule has 2 bridgehead atoms. The molecule has 7 heteroatoms. The first-order valence-electron chi connectivity index (χ1n) is 10.1. The Kier molecular flexibility index (Phi) is 3.55. The lowest BCUT2D eigenvalue weighted by atomic mass is 9.57. The topological polar surface area (TPSA) is 89.8 Å². The molecule has 0 spiro atoms. The van der Waals surface area contributed by atoms with Crippen LogP contribution < -0.4 is 9.64 Å². The van der Waals surface area contributed by atoms with Crippen LogP contribution in [0.3, 0.4) is 0 Å². The van der Waals surface area contributed by atoms with Crippen molar-refractivity contribution in [2.45, 2.75) is 11.5 Å². The molecule has 156 valence electrons. The van der Waals surface area contributed by atoms with Crippen LogP contribution in [0.15, 0.2) is 83.9 Å². The zero-order valence-corrected chi connectivity index (χ0v) is 16.9. The summed E-state index contributed by atoms with van der Waals surface area (Å²) in [5.41, 5.74) is 0.853. The maximum atomic E-state index is 13.7. The van der Waals surface area contributed by atoms with Crippen molar-refractivity contribution in [3.05, 3.63) is 116 Å². The second-order valence-electron chi connectivity index (χ2n) is 8.01. The van der Waals surface area contributed by atoms with E-state index in [0.717, 1.165) is 4.90 Å². The Balaban J connectivity index is 1.65. The van der Waals surface area contributed by atoms with E-state index in [1.807, 2.05) is 12.1 Å². The average Bonchev–Trinajstić information content (AvgIpc) is 3.09. The number of anilines is 1. The molecule has 0 aromatic heterocycles. The summed E-state index contributed by atoms with van der Waals surface area (Å²) < 4.78 is 5.17. The minimum absolute atomic E-state index is 0.0503. The van der Waals surface area contributed by atoms with Crippen molar-refractivity contribution < 1.29 is 19.2 Å². The van der Waals surface area contributed by atoms with Gasteiger partial charge in [0.25, 0.3) is 11.8 Å². The molecule has 1 heterocycles. The van der Waals surface area contributed by atoms with Gasteiger partial charge in [-0.15, -0.1) is 0 Å². The number of nitro groups is 1. The van der Waals surface area contributed by atoms with Crippen molar-refractivity contribution in [3.63, 3.8) is 0 Å². The fraction of sp³-hybridized carbons (Fsp3) is 0.120. The normalized spacial score (nSPS) is 22.5. The lowest BCUT2D eigenvalue weighted by Crippen LogP contribution is -2.49. The first-order valence-corrected chi connectivity index (χ1v) is 10.1. The molecule has 0 saturated carbocycles. The van der Waals surface area contributed by atoms with Gasteiger partial charge in [-0.25, -0.2) is 4.90 Å². The maximum absolute atomic E-state index is 13.7. The van der Waals surface area contributed by atoms with Crippen LogP contribution in [-0.4, -0.2) is 23.8 Å². The van der Waals surface area contributed by atoms with Crippen LogP contribution >= 0.6 is 0 Å². The van der Waals surface area contributed by atoms with Crippen LogP contribution in [0.25, 0.3) is 0 Å². The number of carbonyl (C=O) groups is 2. The zero-order valence-electron chi connectivity index (χ0n) is 16.9. The van der Waals surface area contributed by atoms with Gasteiger partial charge in [0, 0.05) is 27.5 Å². The third-order valence-electron chi connectivity index (χ3n) is 6.70. The molecule has 4 aliphatic rings. The van der Waals surface area contributed by atoms with Gasteiger partial charge >= 0.3 is 5.54 Å². The van der Waals surface area contributed by atoms with E-state index in [0.29, 0.717) is 33.7 Å². The van der Waals surface area contributed by atoms with Gasteiger partial charge in [0.05, 0.1) is 12.8 Å². The van der Waals surface area contributed by atoms with Crippen LogP contribution in [-0.2, 0) is 15.1 Å². The number of hydrogen-bond acceptors (Lipinski definition) is 5. The van der Waals surface area contributed by atoms with Crippen LogP contribution in [0, 0.1) is 10.1 Å². The van der Waals surface area contributed by atoms with Gasteiger partial charge in [-0.05, 0) is 35.4 Å². The number of carbonyl (C=O) groups excluding carboxylic acids is 2. The molecule has 3 aromatic carbocycles. The molecular weight excluding hydrogens is 408 g/mol. The van der Waals surface area contributed by atoms with Gasteiger partial charge < -0.3 is 4.74 Å². The van der Waals surface area contributed by atoms with E-state index in [-0.39, 0.29) is 11.1 Å². The second-order valence-corrected chi connectivity index (χ2v) is 8.01. The molecule has 3 aliphatic carbocycles. The molecular formula is C25H16N2O5. The Morgan fingerprint density at radius 3 is 1.97 bits per heavy atom. The van der Waals surface area contributed by atoms with E-state index in [4.69, 9.17) is 4.74 Å². The maximum Gasteiger partial charge on any atom is 0.303 e. The standard InChI is InChI=1S/C25H16N2O5/c1-32-15-12-10-14(11-13-15)26-23(28)21-20-16-6-2-4-8-18(16)25(27(30)31,22(21)24(26)29)19-9-5-3-7-17(19)20/h2-13,20H,1H3. The molecule has 7 nitrogen and oxygen atoms in total. The molecule has 0 radical (unpaired) electrons. The summed E-state index contributed by atoms with van der Waals surface area (Å²) in [7, 11) is 1.52. The summed E-state index contributed by atoms with van der Waals surface area (Å²) in [6.45, 7) is 0. The number of imide groups is 1. The van der Waals surface area contributed by atoms with Crippen LogP contribution in [0.4, 0.5) is 5.69 Å². The molecule has 0 atom stereocenters. The predicted molar refractivity (Wildman–Crippen MR) is 115 cm³/mol. The van der Waals surface area contributed by atoms with Gasteiger partial charge in [-0.1, -0.05) is 48.5 Å². The largest absolute Gasteiger partial charge is 0.497 e. The number of methoxy groups -OCH3 is 1. The Bertz CT molecular complexity index is 1340. The first kappa shape index (κ1) is 18.5. The number of nitrogens with zero attached hydrogens (tertiary/aromatic N) is 2. The molecule has 0 N–H and O–H groups in total. The van der Waals surface area contributed by atoms with Gasteiger partial charge in [0.15, 0.2) is 0 Å². The molecule has 32 heavy (non-hydrogen) atoms. The van der Waals surface area contributed by atoms with E-state index < -0.39 is 28.2 Å². The van der Waals surface area contributed by atoms with Crippen molar-refractivity contribution in [1.82, 2.24) is 0 Å². The number of benzene rings is 3. The Morgan fingerprint density at radius 1 is 0.875 bits per heavy atom. The summed E-state index contributed by atoms with van der Waals surface area (Å²) >= 11 is 0. The summed E-state index contributed by atoms with van der Waals surface area (Å²) in [5, 5.41) is 12.9. The van der Waals surface area contributed by atoms with E-state index >= 15 is 0 Å². The van der Waals surface area contributed by atoms with Crippen LogP contribution in [0.2, 0.25) is 0 Å². The fourth-order valence-electron chi connectivity index (χ4n) is 5.47. The lowest BCUT2D eigenvalue weighted by molar-refractivity contribution is -0.554. The Hall–Kier alpha value is -4.26. The van der Waals surface area contributed by atoms with Crippen LogP contribution in [0.1, 0.15) is 28.2 Å². The molecule has 1 aliphatic heterocycles. The molecule has 0 fully saturated rings. The monoisotopic (exact) mass is 424 g/mol. The quantitative estimate of drug-likeness (QED) is 0.364. The van der Waals surface area contributed by atoms with E-state index in [1.54, 1.807) is 60.7 Å². The SMILES string of the molecule is COc1ccc(N2C(=O)C3=C(C2=O)C2([N+](=O)[O-])c4ccccc4C3c3ccccc32)cc1. The third-order valence-corrected chi connectivity index (χ3v) is 6.70. The molecule has 7 rings (SSSR count). The number of amides is 2. The molecule has 0 saturated heterocycles. The van der Waals surface area contributed by atoms with Crippen molar-refractivity contribution in [1.29, 1.82) is 0 Å². The van der Waals surface area contributed by atoms with E-state index in [1.165, 1.54) is 7.11 Å². The Labute approximate surface area is 182 Å². The Morgan fingerprint density at radius 2 is 1.44 bits per heavy atom. The van der Waals surface area contributed by atoms with Crippen molar-refractivity contribution in [2.75, 3.05) is 12.0 Å². The smallest absolute Gasteiger partial charge is 0.303 e. The van der Waals surface area contributed by atoms with Gasteiger partial charge in [-0.3, -0.25) is 19.7 Å². The number of hydrogen-bond donors (Lipinski definition) is 0. The highest BCUT2D eigenvalue weighted by Crippen LogP contribution is 2.61. The summed E-state index contributed by atoms with van der Waals surface area (Å²) in [4.78, 5) is 40.9. The van der Waals surface area contributed by atoms with Crippen molar-refractivity contribution >= 4 is 17.5 Å². The van der Waals surface area contributed by atoms with E-state index in [9.17, 15) is 19.7 Å². The number of rotatable bonds is 3. The fourth-order valence-corrected chi connectivity index (χ4v) is 5.47. The first-order chi connectivity index (χ1) is 15.5. The highest BCUT2D eigenvalue weighted by Gasteiger charge is 2.68. The predicted octanol–water partition coefficient (Wildman–Crippen LogP) is 3.54. The van der Waals surface area contributed by atoms with Crippen molar-refractivity contribution in [3.8, 4) is 5.75 Å². The van der Waals surface area contributed by atoms with Gasteiger partial charge in [-0.2, -0.15) is 0 Å². The highest BCUT2D eigenvalue weighted by atomic mass is 16.6. The summed E-state index contributed by atoms with van der Waals surface area (Å²) in [6, 6.07) is 20.6. The zero-order chi connectivity index (χ0) is 22.2. The highest BCUT2D eigenvalue weighted by molar-refractivity contribution is 6.35. The van der Waals surface area contributed by atoms with Crippen molar-refractivity contribution in [2.24, 2.45) is 0 Å². The lowest BCUT2D eigenvalue weighted by Gasteiger charge is -2.42.